The molecule has 0 fully saturated rings. The molecule has 0 aliphatic carbocycles. The van der Waals surface area contributed by atoms with Crippen LogP contribution in [0.3, 0.4) is 0 Å². The van der Waals surface area contributed by atoms with Gasteiger partial charge in [0, 0.05) is 5.02 Å². The summed E-state index contributed by atoms with van der Waals surface area (Å²) < 4.78 is 28.3. The lowest BCUT2D eigenvalue weighted by molar-refractivity contribution is -0.120. The number of aryl methyl sites for hydroxylation is 5. The Morgan fingerprint density at radius 1 is 0.882 bits per heavy atom. The second-order valence-electron chi connectivity index (χ2n) is 8.84. The summed E-state index contributed by atoms with van der Waals surface area (Å²) in [5.74, 6) is -0.405. The van der Waals surface area contributed by atoms with Crippen LogP contribution in [0.5, 0.6) is 0 Å². The smallest absolute Gasteiger partial charge is 0.264 e. The molecule has 1 atom stereocenters. The number of hydrogen-bond acceptors (Lipinski definition) is 3. The van der Waals surface area contributed by atoms with E-state index in [1.165, 1.54) is 5.56 Å². The van der Waals surface area contributed by atoms with Crippen molar-refractivity contribution in [3.8, 4) is 0 Å². The van der Waals surface area contributed by atoms with E-state index in [4.69, 9.17) is 11.6 Å². The van der Waals surface area contributed by atoms with Crippen molar-refractivity contribution in [3.05, 3.63) is 93.0 Å². The number of sulfonamides is 1. The molecule has 0 aromatic heterocycles. The Balaban J connectivity index is 1.94. The fraction of sp³-hybridized carbons (Fsp3) is 0.296. The molecule has 3 aromatic carbocycles. The molecule has 3 rings (SSSR count). The molecule has 1 N–H and O–H groups in total. The minimum atomic E-state index is -4.00. The first-order chi connectivity index (χ1) is 15.9. The molecule has 1 amide bonds. The van der Waals surface area contributed by atoms with Crippen LogP contribution < -0.4 is 9.62 Å². The molecule has 0 heterocycles. The van der Waals surface area contributed by atoms with Gasteiger partial charge in [0.25, 0.3) is 10.0 Å². The zero-order valence-electron chi connectivity index (χ0n) is 20.4. The molecule has 3 aromatic rings. The van der Waals surface area contributed by atoms with Crippen LogP contribution in [0.1, 0.15) is 46.3 Å². The normalized spacial score (nSPS) is 12.3. The van der Waals surface area contributed by atoms with Crippen molar-refractivity contribution in [1.82, 2.24) is 5.32 Å². The fourth-order valence-corrected chi connectivity index (χ4v) is 5.42. The zero-order chi connectivity index (χ0) is 25.2. The average Bonchev–Trinajstić information content (AvgIpc) is 2.76. The number of anilines is 1. The highest BCUT2D eigenvalue weighted by atomic mass is 35.5. The Kier molecular flexibility index (Phi) is 7.74. The number of hydrogen-bond donors (Lipinski definition) is 1. The van der Waals surface area contributed by atoms with Crippen molar-refractivity contribution < 1.29 is 13.2 Å². The van der Waals surface area contributed by atoms with Gasteiger partial charge in [0.05, 0.1) is 16.6 Å². The third-order valence-corrected chi connectivity index (χ3v) is 8.26. The maximum absolute atomic E-state index is 13.6. The van der Waals surface area contributed by atoms with E-state index in [0.717, 1.165) is 32.1 Å². The van der Waals surface area contributed by atoms with E-state index in [0.29, 0.717) is 10.7 Å². The summed E-state index contributed by atoms with van der Waals surface area (Å²) in [7, 11) is -4.00. The van der Waals surface area contributed by atoms with Gasteiger partial charge in [-0.1, -0.05) is 47.5 Å². The largest absolute Gasteiger partial charge is 0.348 e. The Morgan fingerprint density at radius 2 is 1.50 bits per heavy atom. The van der Waals surface area contributed by atoms with E-state index in [-0.39, 0.29) is 17.5 Å². The van der Waals surface area contributed by atoms with Crippen molar-refractivity contribution in [2.45, 2.75) is 52.5 Å². The van der Waals surface area contributed by atoms with Crippen LogP contribution in [-0.4, -0.2) is 20.9 Å². The minimum Gasteiger partial charge on any atom is -0.348 e. The summed E-state index contributed by atoms with van der Waals surface area (Å²) in [6.45, 7) is 11.3. The van der Waals surface area contributed by atoms with Crippen molar-refractivity contribution in [3.63, 3.8) is 0 Å². The van der Waals surface area contributed by atoms with Gasteiger partial charge in [-0.2, -0.15) is 0 Å². The predicted octanol–water partition coefficient (Wildman–Crippen LogP) is 5.95. The highest BCUT2D eigenvalue weighted by molar-refractivity contribution is 7.92. The number of benzene rings is 3. The predicted molar refractivity (Wildman–Crippen MR) is 139 cm³/mol. The van der Waals surface area contributed by atoms with Gasteiger partial charge in [-0.15, -0.1) is 0 Å². The van der Waals surface area contributed by atoms with Gasteiger partial charge < -0.3 is 5.32 Å². The van der Waals surface area contributed by atoms with E-state index in [9.17, 15) is 13.2 Å². The van der Waals surface area contributed by atoms with Crippen LogP contribution in [-0.2, 0) is 14.8 Å². The molecule has 34 heavy (non-hydrogen) atoms. The molecule has 0 saturated heterocycles. The van der Waals surface area contributed by atoms with Crippen molar-refractivity contribution >= 4 is 33.2 Å². The Hall–Kier alpha value is -2.83. The van der Waals surface area contributed by atoms with Crippen LogP contribution >= 0.6 is 11.6 Å². The quantitative estimate of drug-likeness (QED) is 0.437. The molecule has 1 unspecified atom stereocenters. The lowest BCUT2D eigenvalue weighted by Gasteiger charge is -2.26. The molecule has 5 nitrogen and oxygen atoms in total. The van der Waals surface area contributed by atoms with Gasteiger partial charge in [-0.05, 0) is 93.6 Å². The maximum atomic E-state index is 13.6. The number of rotatable bonds is 7. The molecular weight excluding hydrogens is 468 g/mol. The van der Waals surface area contributed by atoms with E-state index < -0.39 is 15.9 Å². The van der Waals surface area contributed by atoms with Crippen LogP contribution in [0.25, 0.3) is 0 Å². The highest BCUT2D eigenvalue weighted by Crippen LogP contribution is 2.28. The van der Waals surface area contributed by atoms with Gasteiger partial charge >= 0.3 is 0 Å². The number of nitrogens with zero attached hydrogens (tertiary/aromatic N) is 1. The maximum Gasteiger partial charge on any atom is 0.264 e. The number of nitrogens with one attached hydrogen (secondary N) is 1. The number of halogens is 1. The zero-order valence-corrected chi connectivity index (χ0v) is 22.0. The Bertz CT molecular complexity index is 1320. The van der Waals surface area contributed by atoms with E-state index in [2.05, 4.69) is 24.4 Å². The second kappa shape index (κ2) is 10.2. The van der Waals surface area contributed by atoms with Crippen molar-refractivity contribution in [2.75, 3.05) is 10.8 Å². The van der Waals surface area contributed by atoms with Gasteiger partial charge in [0.15, 0.2) is 0 Å². The first-order valence-corrected chi connectivity index (χ1v) is 12.9. The molecule has 0 bridgehead atoms. The monoisotopic (exact) mass is 498 g/mol. The number of amides is 1. The second-order valence-corrected chi connectivity index (χ2v) is 11.1. The van der Waals surface area contributed by atoms with Gasteiger partial charge in [0.1, 0.15) is 6.54 Å². The Morgan fingerprint density at radius 3 is 2.12 bits per heavy atom. The highest BCUT2D eigenvalue weighted by Gasteiger charge is 2.28. The van der Waals surface area contributed by atoms with E-state index in [1.54, 1.807) is 42.5 Å². The summed E-state index contributed by atoms with van der Waals surface area (Å²) >= 11 is 6.30. The lowest BCUT2D eigenvalue weighted by atomic mass is 9.96. The molecular formula is C27H31ClN2O3S. The summed E-state index contributed by atoms with van der Waals surface area (Å²) in [5, 5.41) is 3.40. The van der Waals surface area contributed by atoms with Crippen molar-refractivity contribution in [1.29, 1.82) is 0 Å². The first kappa shape index (κ1) is 25.8. The minimum absolute atomic E-state index is 0.112. The Labute approximate surface area is 207 Å². The SMILES string of the molecule is Cc1ccc(S(=O)(=O)N(CC(=O)NC(C)c2cc(C)c(C)cc2C)c2ccc(C)c(Cl)c2)cc1. The molecule has 0 saturated carbocycles. The van der Waals surface area contributed by atoms with E-state index in [1.807, 2.05) is 34.6 Å². The topological polar surface area (TPSA) is 66.5 Å². The first-order valence-electron chi connectivity index (χ1n) is 11.1. The number of carbonyl (C=O) groups is 1. The molecule has 0 radical (unpaired) electrons. The average molecular weight is 499 g/mol. The summed E-state index contributed by atoms with van der Waals surface area (Å²) in [5.41, 5.74) is 6.50. The van der Waals surface area contributed by atoms with Gasteiger partial charge in [0.2, 0.25) is 5.91 Å². The van der Waals surface area contributed by atoms with E-state index >= 15 is 0 Å². The molecule has 7 heteroatoms. The van der Waals surface area contributed by atoms with Crippen LogP contribution in [0.4, 0.5) is 5.69 Å². The molecule has 0 aliphatic rings. The molecule has 0 aliphatic heterocycles. The third-order valence-electron chi connectivity index (χ3n) is 6.07. The van der Waals surface area contributed by atoms with Gasteiger partial charge in [-0.25, -0.2) is 8.42 Å². The fourth-order valence-electron chi connectivity index (χ4n) is 3.83. The van der Waals surface area contributed by atoms with Crippen LogP contribution in [0.15, 0.2) is 59.5 Å². The van der Waals surface area contributed by atoms with Crippen LogP contribution in [0, 0.1) is 34.6 Å². The molecule has 180 valence electrons. The number of carbonyl (C=O) groups excluding carboxylic acids is 1. The van der Waals surface area contributed by atoms with Gasteiger partial charge in [-0.3, -0.25) is 9.10 Å². The van der Waals surface area contributed by atoms with Crippen molar-refractivity contribution in [2.24, 2.45) is 0 Å². The summed E-state index contributed by atoms with van der Waals surface area (Å²) in [6.07, 6.45) is 0. The lowest BCUT2D eigenvalue weighted by Crippen LogP contribution is -2.41. The van der Waals surface area contributed by atoms with Crippen LogP contribution in [0.2, 0.25) is 5.02 Å². The third kappa shape index (κ3) is 5.62. The summed E-state index contributed by atoms with van der Waals surface area (Å²) in [4.78, 5) is 13.2. The summed E-state index contributed by atoms with van der Waals surface area (Å²) in [6, 6.07) is 15.4. The standard InChI is InChI=1S/C27H31ClN2O3S/c1-17-7-11-24(12-8-17)34(32,33)30(23-10-9-18(2)26(28)15-23)16-27(31)29-22(6)25-14-20(4)19(3)13-21(25)5/h7-15,22H,16H2,1-6H3,(H,29,31). The molecule has 0 spiro atoms.